The van der Waals surface area contributed by atoms with Gasteiger partial charge in [-0.05, 0) is 24.1 Å². The van der Waals surface area contributed by atoms with Gasteiger partial charge in [-0.2, -0.15) is 0 Å². The first-order valence-electron chi connectivity index (χ1n) is 8.93. The summed E-state index contributed by atoms with van der Waals surface area (Å²) < 4.78 is 5.60. The summed E-state index contributed by atoms with van der Waals surface area (Å²) in [6.45, 7) is 4.96. The van der Waals surface area contributed by atoms with E-state index in [2.05, 4.69) is 24.0 Å². The number of furan rings is 1. The van der Waals surface area contributed by atoms with Gasteiger partial charge in [0, 0.05) is 32.1 Å². The number of benzene rings is 1. The number of hydrogen-bond donors (Lipinski definition) is 1. The van der Waals surface area contributed by atoms with Gasteiger partial charge in [0.05, 0.1) is 6.54 Å². The number of carbonyl (C=O) groups excluding carboxylic acids is 1. The average Bonchev–Trinajstić information content (AvgIpc) is 3.04. The van der Waals surface area contributed by atoms with Gasteiger partial charge in [0.25, 0.3) is 0 Å². The third kappa shape index (κ3) is 4.50. The van der Waals surface area contributed by atoms with Crippen molar-refractivity contribution >= 4 is 5.91 Å². The van der Waals surface area contributed by atoms with Crippen LogP contribution in [-0.4, -0.2) is 39.9 Å². The molecule has 1 amide bonds. The van der Waals surface area contributed by atoms with Crippen LogP contribution in [-0.2, 0) is 24.5 Å². The van der Waals surface area contributed by atoms with Crippen LogP contribution in [0.1, 0.15) is 36.8 Å². The van der Waals surface area contributed by atoms with Gasteiger partial charge in [0.15, 0.2) is 0 Å². The van der Waals surface area contributed by atoms with Crippen molar-refractivity contribution in [2.45, 2.75) is 45.5 Å². The summed E-state index contributed by atoms with van der Waals surface area (Å²) in [6, 6.07) is 14.1. The topological polar surface area (TPSA) is 56.9 Å². The SMILES string of the molecule is CC[C@H]1CN(Cc2ccc(CO)o2)CCC(=O)N1Cc1ccccc1. The van der Waals surface area contributed by atoms with E-state index in [9.17, 15) is 4.79 Å². The fraction of sp³-hybridized carbons (Fsp3) is 0.450. The van der Waals surface area contributed by atoms with Crippen molar-refractivity contribution in [3.05, 3.63) is 59.5 Å². The Kier molecular flexibility index (Phi) is 5.89. The van der Waals surface area contributed by atoms with Gasteiger partial charge >= 0.3 is 0 Å². The van der Waals surface area contributed by atoms with Crippen molar-refractivity contribution < 1.29 is 14.3 Å². The molecule has 1 fully saturated rings. The highest BCUT2D eigenvalue weighted by molar-refractivity contribution is 5.77. The van der Waals surface area contributed by atoms with Gasteiger partial charge in [0.1, 0.15) is 18.1 Å². The van der Waals surface area contributed by atoms with Crippen LogP contribution in [0.15, 0.2) is 46.9 Å². The number of carbonyl (C=O) groups is 1. The van der Waals surface area contributed by atoms with Crippen molar-refractivity contribution in [2.24, 2.45) is 0 Å². The molecule has 2 aromatic rings. The second-order valence-corrected chi connectivity index (χ2v) is 6.58. The Morgan fingerprint density at radius 2 is 1.88 bits per heavy atom. The molecule has 0 unspecified atom stereocenters. The molecule has 1 N–H and O–H groups in total. The van der Waals surface area contributed by atoms with E-state index in [-0.39, 0.29) is 18.6 Å². The Balaban J connectivity index is 1.69. The molecule has 0 saturated carbocycles. The lowest BCUT2D eigenvalue weighted by Crippen LogP contribution is -2.42. The van der Waals surface area contributed by atoms with Crippen molar-refractivity contribution in [3.8, 4) is 0 Å². The van der Waals surface area contributed by atoms with E-state index in [0.717, 1.165) is 25.3 Å². The zero-order valence-corrected chi connectivity index (χ0v) is 14.7. The lowest BCUT2D eigenvalue weighted by Gasteiger charge is -2.31. The Bertz CT molecular complexity index is 683. The van der Waals surface area contributed by atoms with Crippen molar-refractivity contribution in [3.63, 3.8) is 0 Å². The first-order chi connectivity index (χ1) is 12.2. The second kappa shape index (κ2) is 8.32. The number of amides is 1. The smallest absolute Gasteiger partial charge is 0.224 e. The summed E-state index contributed by atoms with van der Waals surface area (Å²) in [5, 5.41) is 9.13. The van der Waals surface area contributed by atoms with Crippen LogP contribution >= 0.6 is 0 Å². The standard InChI is InChI=1S/C20H26N2O3/c1-2-17-13-21(14-18-8-9-19(15-23)25-18)11-10-20(24)22(17)12-16-6-4-3-5-7-16/h3-9,17,23H,2,10-15H2,1H3/t17-/m0/s1. The highest BCUT2D eigenvalue weighted by Crippen LogP contribution is 2.20. The molecular weight excluding hydrogens is 316 g/mol. The maximum atomic E-state index is 12.7. The predicted octanol–water partition coefficient (Wildman–Crippen LogP) is 2.79. The largest absolute Gasteiger partial charge is 0.462 e. The van der Waals surface area contributed by atoms with Gasteiger partial charge in [-0.15, -0.1) is 0 Å². The molecule has 3 rings (SSSR count). The third-order valence-electron chi connectivity index (χ3n) is 4.79. The Morgan fingerprint density at radius 1 is 1.12 bits per heavy atom. The summed E-state index contributed by atoms with van der Waals surface area (Å²) in [5.41, 5.74) is 1.17. The van der Waals surface area contributed by atoms with E-state index < -0.39 is 0 Å². The monoisotopic (exact) mass is 342 g/mol. The van der Waals surface area contributed by atoms with Crippen LogP contribution in [0.4, 0.5) is 0 Å². The lowest BCUT2D eigenvalue weighted by atomic mass is 10.1. The molecule has 0 bridgehead atoms. The minimum absolute atomic E-state index is 0.0824. The number of nitrogens with zero attached hydrogens (tertiary/aromatic N) is 2. The molecule has 5 nitrogen and oxygen atoms in total. The molecule has 1 saturated heterocycles. The van der Waals surface area contributed by atoms with E-state index in [0.29, 0.717) is 25.3 Å². The Labute approximate surface area is 148 Å². The predicted molar refractivity (Wildman–Crippen MR) is 95.6 cm³/mol. The summed E-state index contributed by atoms with van der Waals surface area (Å²) in [6.07, 6.45) is 1.45. The van der Waals surface area contributed by atoms with E-state index in [1.54, 1.807) is 6.07 Å². The minimum Gasteiger partial charge on any atom is -0.462 e. The summed E-state index contributed by atoms with van der Waals surface area (Å²) in [4.78, 5) is 17.0. The Hall–Kier alpha value is -2.11. The second-order valence-electron chi connectivity index (χ2n) is 6.58. The highest BCUT2D eigenvalue weighted by Gasteiger charge is 2.29. The van der Waals surface area contributed by atoms with Crippen molar-refractivity contribution in [1.82, 2.24) is 9.80 Å². The summed E-state index contributed by atoms with van der Waals surface area (Å²) in [5.74, 6) is 1.63. The van der Waals surface area contributed by atoms with Gasteiger partial charge in [-0.1, -0.05) is 37.3 Å². The number of hydrogen-bond acceptors (Lipinski definition) is 4. The maximum absolute atomic E-state index is 12.7. The first kappa shape index (κ1) is 17.7. The first-order valence-corrected chi connectivity index (χ1v) is 8.93. The van der Waals surface area contributed by atoms with E-state index in [1.165, 1.54) is 5.56 Å². The van der Waals surface area contributed by atoms with Crippen molar-refractivity contribution in [1.29, 1.82) is 0 Å². The molecule has 0 aliphatic carbocycles. The van der Waals surface area contributed by atoms with Gasteiger partial charge in [0.2, 0.25) is 5.91 Å². The van der Waals surface area contributed by atoms with Crippen molar-refractivity contribution in [2.75, 3.05) is 13.1 Å². The molecule has 134 valence electrons. The number of aliphatic hydroxyl groups excluding tert-OH is 1. The van der Waals surface area contributed by atoms with Gasteiger partial charge < -0.3 is 14.4 Å². The molecule has 5 heteroatoms. The quantitative estimate of drug-likeness (QED) is 0.877. The molecule has 1 aromatic heterocycles. The number of rotatable bonds is 6. The molecule has 1 aliphatic heterocycles. The van der Waals surface area contributed by atoms with Gasteiger partial charge in [-0.25, -0.2) is 0 Å². The fourth-order valence-corrected chi connectivity index (χ4v) is 3.39. The fourth-order valence-electron chi connectivity index (χ4n) is 3.39. The molecule has 0 radical (unpaired) electrons. The van der Waals surface area contributed by atoms with Crippen LogP contribution in [0.2, 0.25) is 0 Å². The zero-order chi connectivity index (χ0) is 17.6. The van der Waals surface area contributed by atoms with Crippen LogP contribution in [0.3, 0.4) is 0 Å². The lowest BCUT2D eigenvalue weighted by molar-refractivity contribution is -0.133. The van der Waals surface area contributed by atoms with E-state index in [4.69, 9.17) is 9.52 Å². The minimum atomic E-state index is -0.0824. The number of aliphatic hydroxyl groups is 1. The summed E-state index contributed by atoms with van der Waals surface area (Å²) >= 11 is 0. The van der Waals surface area contributed by atoms with Crippen LogP contribution in [0.25, 0.3) is 0 Å². The highest BCUT2D eigenvalue weighted by atomic mass is 16.4. The van der Waals surface area contributed by atoms with E-state index >= 15 is 0 Å². The van der Waals surface area contributed by atoms with Crippen LogP contribution < -0.4 is 0 Å². The van der Waals surface area contributed by atoms with Crippen LogP contribution in [0.5, 0.6) is 0 Å². The van der Waals surface area contributed by atoms with Gasteiger partial charge in [-0.3, -0.25) is 9.69 Å². The zero-order valence-electron chi connectivity index (χ0n) is 14.7. The molecule has 2 heterocycles. The normalized spacial score (nSPS) is 19.2. The van der Waals surface area contributed by atoms with E-state index in [1.807, 2.05) is 29.2 Å². The summed E-state index contributed by atoms with van der Waals surface area (Å²) in [7, 11) is 0. The maximum Gasteiger partial charge on any atom is 0.224 e. The molecule has 1 atom stereocenters. The molecule has 0 spiro atoms. The molecule has 1 aliphatic rings. The Morgan fingerprint density at radius 3 is 2.56 bits per heavy atom. The van der Waals surface area contributed by atoms with Crippen LogP contribution in [0, 0.1) is 0 Å². The molecule has 25 heavy (non-hydrogen) atoms. The molecule has 1 aromatic carbocycles. The molecular formula is C20H26N2O3. The average molecular weight is 342 g/mol. The third-order valence-corrected chi connectivity index (χ3v) is 4.79.